The minimum atomic E-state index is 0.303. The third-order valence-corrected chi connectivity index (χ3v) is 7.17. The van der Waals surface area contributed by atoms with Crippen LogP contribution in [0.4, 0.5) is 0 Å². The number of H-pyrrole nitrogens is 1. The Balaban J connectivity index is 1.13. The molecule has 0 bridgehead atoms. The maximum atomic E-state index is 4.81. The molecule has 6 heteroatoms. The van der Waals surface area contributed by atoms with Crippen molar-refractivity contribution in [3.05, 3.63) is 125 Å². The summed E-state index contributed by atoms with van der Waals surface area (Å²) in [7, 11) is 0. The summed E-state index contributed by atoms with van der Waals surface area (Å²) in [5.41, 5.74) is 8.37. The van der Waals surface area contributed by atoms with Gasteiger partial charge in [0.05, 0.1) is 35.0 Å². The van der Waals surface area contributed by atoms with Gasteiger partial charge in [-0.25, -0.2) is 4.98 Å². The Morgan fingerprint density at radius 3 is 2.51 bits per heavy atom. The number of aromatic amines is 1. The first kappa shape index (κ1) is 23.5. The third kappa shape index (κ3) is 5.61. The zero-order valence-corrected chi connectivity index (χ0v) is 21.0. The molecule has 1 atom stereocenters. The maximum absolute atomic E-state index is 4.81. The van der Waals surface area contributed by atoms with Crippen LogP contribution in [0.5, 0.6) is 0 Å². The molecule has 2 aromatic carbocycles. The molecular formula is C31H32N6. The van der Waals surface area contributed by atoms with Crippen molar-refractivity contribution in [2.45, 2.75) is 51.5 Å². The van der Waals surface area contributed by atoms with Crippen molar-refractivity contribution >= 4 is 11.0 Å². The number of fused-ring (bicyclic) bond motifs is 2. The topological polar surface area (TPSA) is 69.7 Å². The summed E-state index contributed by atoms with van der Waals surface area (Å²) in [5, 5.41) is 3.51. The van der Waals surface area contributed by atoms with E-state index in [1.807, 2.05) is 36.7 Å². The van der Waals surface area contributed by atoms with Gasteiger partial charge in [0.1, 0.15) is 5.82 Å². The highest BCUT2D eigenvalue weighted by molar-refractivity contribution is 5.74. The molecule has 37 heavy (non-hydrogen) atoms. The minimum Gasteiger partial charge on any atom is -0.341 e. The highest BCUT2D eigenvalue weighted by Crippen LogP contribution is 2.34. The van der Waals surface area contributed by atoms with Crippen LogP contribution >= 0.6 is 0 Å². The molecule has 6 nitrogen and oxygen atoms in total. The van der Waals surface area contributed by atoms with Crippen molar-refractivity contribution in [1.82, 2.24) is 30.2 Å². The maximum Gasteiger partial charge on any atom is 0.121 e. The average Bonchev–Trinajstić information content (AvgIpc) is 3.37. The Labute approximate surface area is 217 Å². The first-order valence-corrected chi connectivity index (χ1v) is 13.1. The van der Waals surface area contributed by atoms with Gasteiger partial charge in [0.2, 0.25) is 0 Å². The summed E-state index contributed by atoms with van der Waals surface area (Å²) in [6, 6.07) is 27.9. The Morgan fingerprint density at radius 2 is 1.65 bits per heavy atom. The van der Waals surface area contributed by atoms with Gasteiger partial charge >= 0.3 is 0 Å². The van der Waals surface area contributed by atoms with Gasteiger partial charge in [0, 0.05) is 32.0 Å². The number of pyridine rings is 2. The van der Waals surface area contributed by atoms with Crippen LogP contribution in [0.3, 0.4) is 0 Å². The Kier molecular flexibility index (Phi) is 7.01. The van der Waals surface area contributed by atoms with Crippen molar-refractivity contribution < 1.29 is 0 Å². The second-order valence-corrected chi connectivity index (χ2v) is 9.80. The minimum absolute atomic E-state index is 0.303. The number of aromatic nitrogens is 4. The molecule has 0 spiro atoms. The van der Waals surface area contributed by atoms with Gasteiger partial charge in [0.15, 0.2) is 0 Å². The van der Waals surface area contributed by atoms with Crippen molar-refractivity contribution in [2.24, 2.45) is 0 Å². The van der Waals surface area contributed by atoms with E-state index in [0.717, 1.165) is 55.0 Å². The Morgan fingerprint density at radius 1 is 0.811 bits per heavy atom. The molecule has 3 aromatic heterocycles. The molecule has 0 saturated carbocycles. The smallest absolute Gasteiger partial charge is 0.121 e. The van der Waals surface area contributed by atoms with Gasteiger partial charge in [-0.15, -0.1) is 0 Å². The second-order valence-electron chi connectivity index (χ2n) is 9.80. The third-order valence-electron chi connectivity index (χ3n) is 7.17. The summed E-state index contributed by atoms with van der Waals surface area (Å²) in [6.07, 6.45) is 7.25. The van der Waals surface area contributed by atoms with E-state index in [2.05, 4.69) is 79.8 Å². The standard InChI is InChI=1S/C31H32N6/c1-2-11-28-27(10-1)35-30(36-28)20-32-19-23-13-15-24(16-14-23)21-37(22-26-9-3-4-17-33-26)29-12-5-7-25-8-6-18-34-31(25)29/h1-4,6,8-11,13-18,29,32H,5,7,12,19-22H2,(H,35,36). The molecule has 0 saturated heterocycles. The normalized spacial score (nSPS) is 15.2. The van der Waals surface area contributed by atoms with Crippen LogP contribution in [0.2, 0.25) is 0 Å². The molecule has 5 aromatic rings. The van der Waals surface area contributed by atoms with Crippen molar-refractivity contribution in [3.8, 4) is 0 Å². The number of para-hydroxylation sites is 2. The molecule has 186 valence electrons. The molecule has 0 radical (unpaired) electrons. The lowest BCUT2D eigenvalue weighted by Gasteiger charge is -2.35. The van der Waals surface area contributed by atoms with E-state index in [1.54, 1.807) is 0 Å². The quantitative estimate of drug-likeness (QED) is 0.278. The molecule has 0 fully saturated rings. The lowest BCUT2D eigenvalue weighted by Crippen LogP contribution is -2.31. The molecule has 1 unspecified atom stereocenters. The molecule has 0 aliphatic heterocycles. The first-order chi connectivity index (χ1) is 18.3. The summed E-state index contributed by atoms with van der Waals surface area (Å²) in [4.78, 5) is 20.0. The van der Waals surface area contributed by atoms with Crippen molar-refractivity contribution in [2.75, 3.05) is 0 Å². The van der Waals surface area contributed by atoms with Crippen LogP contribution in [0.25, 0.3) is 11.0 Å². The van der Waals surface area contributed by atoms with Crippen LogP contribution in [-0.2, 0) is 32.6 Å². The van der Waals surface area contributed by atoms with Crippen LogP contribution in [0, 0.1) is 0 Å². The van der Waals surface area contributed by atoms with Crippen LogP contribution in [-0.4, -0.2) is 24.8 Å². The second kappa shape index (κ2) is 11.0. The highest BCUT2D eigenvalue weighted by atomic mass is 15.2. The van der Waals surface area contributed by atoms with E-state index in [9.17, 15) is 0 Å². The molecule has 0 amide bonds. The summed E-state index contributed by atoms with van der Waals surface area (Å²) >= 11 is 0. The van der Waals surface area contributed by atoms with Gasteiger partial charge < -0.3 is 10.3 Å². The van der Waals surface area contributed by atoms with Crippen LogP contribution in [0.15, 0.2) is 91.3 Å². The van der Waals surface area contributed by atoms with Gasteiger partial charge in [-0.05, 0) is 66.3 Å². The van der Waals surface area contributed by atoms with Crippen LogP contribution in [0.1, 0.15) is 52.8 Å². The molecule has 1 aliphatic carbocycles. The van der Waals surface area contributed by atoms with Crippen molar-refractivity contribution in [3.63, 3.8) is 0 Å². The predicted octanol–water partition coefficient (Wildman–Crippen LogP) is 5.72. The number of nitrogens with one attached hydrogen (secondary N) is 2. The van der Waals surface area contributed by atoms with E-state index in [4.69, 9.17) is 4.98 Å². The van der Waals surface area contributed by atoms with E-state index >= 15 is 0 Å². The lowest BCUT2D eigenvalue weighted by molar-refractivity contribution is 0.155. The molecule has 1 aliphatic rings. The van der Waals surface area contributed by atoms with E-state index in [0.29, 0.717) is 12.6 Å². The van der Waals surface area contributed by atoms with Crippen molar-refractivity contribution in [1.29, 1.82) is 0 Å². The number of nitrogens with zero attached hydrogens (tertiary/aromatic N) is 4. The fourth-order valence-corrected chi connectivity index (χ4v) is 5.33. The lowest BCUT2D eigenvalue weighted by atomic mass is 9.90. The van der Waals surface area contributed by atoms with Gasteiger partial charge in [-0.1, -0.05) is 48.5 Å². The zero-order valence-electron chi connectivity index (χ0n) is 21.0. The predicted molar refractivity (Wildman–Crippen MR) is 146 cm³/mol. The summed E-state index contributed by atoms with van der Waals surface area (Å²) in [5.74, 6) is 0.962. The fraction of sp³-hybridized carbons (Fsp3) is 0.258. The number of benzene rings is 2. The van der Waals surface area contributed by atoms with E-state index < -0.39 is 0 Å². The molecule has 3 heterocycles. The van der Waals surface area contributed by atoms with Gasteiger partial charge in [-0.3, -0.25) is 14.9 Å². The van der Waals surface area contributed by atoms with Gasteiger partial charge in [-0.2, -0.15) is 0 Å². The van der Waals surface area contributed by atoms with E-state index in [1.165, 1.54) is 28.8 Å². The molecular weight excluding hydrogens is 456 g/mol. The largest absolute Gasteiger partial charge is 0.341 e. The molecule has 6 rings (SSSR count). The fourth-order valence-electron chi connectivity index (χ4n) is 5.33. The van der Waals surface area contributed by atoms with E-state index in [-0.39, 0.29) is 0 Å². The molecule has 2 N–H and O–H groups in total. The number of rotatable bonds is 9. The number of hydrogen-bond acceptors (Lipinski definition) is 5. The summed E-state index contributed by atoms with van der Waals surface area (Å²) in [6.45, 7) is 3.18. The highest BCUT2D eigenvalue weighted by Gasteiger charge is 2.27. The number of hydrogen-bond donors (Lipinski definition) is 2. The Hall–Kier alpha value is -3.87. The van der Waals surface area contributed by atoms with Crippen LogP contribution < -0.4 is 5.32 Å². The number of aryl methyl sites for hydroxylation is 1. The SMILES string of the molecule is c1ccc(CN(Cc2ccc(CNCc3nc4ccccc4[nH]3)cc2)C2CCCc3cccnc32)nc1. The zero-order chi connectivity index (χ0) is 24.9. The average molecular weight is 489 g/mol. The summed E-state index contributed by atoms with van der Waals surface area (Å²) < 4.78 is 0. The monoisotopic (exact) mass is 488 g/mol. The Bertz CT molecular complexity index is 1410. The number of imidazole rings is 1. The van der Waals surface area contributed by atoms with Gasteiger partial charge in [0.25, 0.3) is 0 Å². The first-order valence-electron chi connectivity index (χ1n) is 13.1.